The fourth-order valence-corrected chi connectivity index (χ4v) is 3.36. The summed E-state index contributed by atoms with van der Waals surface area (Å²) in [6.45, 7) is 2.60. The van der Waals surface area contributed by atoms with Gasteiger partial charge in [-0.15, -0.1) is 0 Å². The van der Waals surface area contributed by atoms with Gasteiger partial charge in [0.15, 0.2) is 0 Å². The van der Waals surface area contributed by atoms with Crippen molar-refractivity contribution in [3.05, 3.63) is 0 Å². The Labute approximate surface area is 111 Å². The second kappa shape index (κ2) is 6.33. The van der Waals surface area contributed by atoms with Gasteiger partial charge in [-0.2, -0.15) is 0 Å². The monoisotopic (exact) mass is 256 g/mol. The molecule has 0 unspecified atom stereocenters. The van der Waals surface area contributed by atoms with Crippen molar-refractivity contribution in [2.24, 2.45) is 5.73 Å². The lowest BCUT2D eigenvalue weighted by Gasteiger charge is -2.47. The van der Waals surface area contributed by atoms with Gasteiger partial charge in [0.25, 0.3) is 0 Å². The Hall–Kier alpha value is -0.160. The van der Waals surface area contributed by atoms with E-state index in [4.69, 9.17) is 15.2 Å². The SMILES string of the molecule is COCCN(C1CC1)C1(CN)CCC(OC)CC1. The van der Waals surface area contributed by atoms with Crippen LogP contribution in [0.3, 0.4) is 0 Å². The predicted molar refractivity (Wildman–Crippen MR) is 72.7 cm³/mol. The van der Waals surface area contributed by atoms with Crippen LogP contribution in [0.25, 0.3) is 0 Å². The van der Waals surface area contributed by atoms with Gasteiger partial charge in [0.1, 0.15) is 0 Å². The van der Waals surface area contributed by atoms with Crippen LogP contribution in [0.4, 0.5) is 0 Å². The molecule has 0 amide bonds. The summed E-state index contributed by atoms with van der Waals surface area (Å²) < 4.78 is 10.7. The molecule has 0 bridgehead atoms. The Balaban J connectivity index is 2.00. The fraction of sp³-hybridized carbons (Fsp3) is 1.00. The number of methoxy groups -OCH3 is 2. The summed E-state index contributed by atoms with van der Waals surface area (Å²) in [5.74, 6) is 0. The Morgan fingerprint density at radius 2 is 1.83 bits per heavy atom. The molecule has 2 aliphatic rings. The van der Waals surface area contributed by atoms with E-state index in [1.807, 2.05) is 7.11 Å². The van der Waals surface area contributed by atoms with E-state index in [-0.39, 0.29) is 5.54 Å². The highest BCUT2D eigenvalue weighted by molar-refractivity contribution is 5.01. The summed E-state index contributed by atoms with van der Waals surface area (Å²) >= 11 is 0. The summed E-state index contributed by atoms with van der Waals surface area (Å²) in [5.41, 5.74) is 6.34. The van der Waals surface area contributed by atoms with Gasteiger partial charge >= 0.3 is 0 Å². The van der Waals surface area contributed by atoms with Crippen LogP contribution in [0, 0.1) is 0 Å². The van der Waals surface area contributed by atoms with Crippen molar-refractivity contribution < 1.29 is 9.47 Å². The molecule has 0 aliphatic heterocycles. The lowest BCUT2D eigenvalue weighted by atomic mass is 9.78. The first-order valence-corrected chi connectivity index (χ1v) is 7.24. The molecule has 0 saturated heterocycles. The average molecular weight is 256 g/mol. The van der Waals surface area contributed by atoms with Crippen molar-refractivity contribution in [3.8, 4) is 0 Å². The van der Waals surface area contributed by atoms with Crippen molar-refractivity contribution in [1.82, 2.24) is 4.90 Å². The quantitative estimate of drug-likeness (QED) is 0.747. The number of rotatable bonds is 7. The number of nitrogens with two attached hydrogens (primary N) is 1. The van der Waals surface area contributed by atoms with Crippen molar-refractivity contribution in [3.63, 3.8) is 0 Å². The first-order valence-electron chi connectivity index (χ1n) is 7.24. The first-order chi connectivity index (χ1) is 8.75. The van der Waals surface area contributed by atoms with Gasteiger partial charge in [0, 0.05) is 38.9 Å². The number of hydrogen-bond donors (Lipinski definition) is 1. The van der Waals surface area contributed by atoms with E-state index in [0.717, 1.165) is 38.6 Å². The van der Waals surface area contributed by atoms with Crippen molar-refractivity contribution >= 4 is 0 Å². The topological polar surface area (TPSA) is 47.7 Å². The van der Waals surface area contributed by atoms with Gasteiger partial charge in [-0.25, -0.2) is 0 Å². The normalized spacial score (nSPS) is 33.0. The molecule has 0 aromatic carbocycles. The van der Waals surface area contributed by atoms with Crippen LogP contribution in [0.2, 0.25) is 0 Å². The minimum atomic E-state index is 0.203. The Kier molecular flexibility index (Phi) is 5.01. The van der Waals surface area contributed by atoms with E-state index in [2.05, 4.69) is 4.90 Å². The number of nitrogens with zero attached hydrogens (tertiary/aromatic N) is 1. The van der Waals surface area contributed by atoms with E-state index in [1.54, 1.807) is 7.11 Å². The summed E-state index contributed by atoms with van der Waals surface area (Å²) in [5, 5.41) is 0. The van der Waals surface area contributed by atoms with Crippen LogP contribution in [0.15, 0.2) is 0 Å². The maximum atomic E-state index is 6.14. The third kappa shape index (κ3) is 3.05. The molecule has 0 atom stereocenters. The highest BCUT2D eigenvalue weighted by Gasteiger charge is 2.45. The smallest absolute Gasteiger partial charge is 0.0590 e. The summed E-state index contributed by atoms with van der Waals surface area (Å²) in [6.07, 6.45) is 7.73. The minimum absolute atomic E-state index is 0.203. The van der Waals surface area contributed by atoms with Crippen molar-refractivity contribution in [2.45, 2.75) is 56.2 Å². The molecule has 0 heterocycles. The van der Waals surface area contributed by atoms with Crippen LogP contribution in [0.5, 0.6) is 0 Å². The van der Waals surface area contributed by atoms with Crippen LogP contribution >= 0.6 is 0 Å². The molecule has 18 heavy (non-hydrogen) atoms. The molecular weight excluding hydrogens is 228 g/mol. The number of hydrogen-bond acceptors (Lipinski definition) is 4. The Morgan fingerprint density at radius 3 is 2.28 bits per heavy atom. The van der Waals surface area contributed by atoms with Crippen LogP contribution < -0.4 is 5.73 Å². The molecule has 2 fully saturated rings. The molecule has 0 spiro atoms. The van der Waals surface area contributed by atoms with Gasteiger partial charge in [-0.1, -0.05) is 0 Å². The molecule has 2 rings (SSSR count). The summed E-state index contributed by atoms with van der Waals surface area (Å²) in [7, 11) is 3.60. The first kappa shape index (κ1) is 14.3. The molecular formula is C14H28N2O2. The maximum Gasteiger partial charge on any atom is 0.0590 e. The van der Waals surface area contributed by atoms with Crippen molar-refractivity contribution in [2.75, 3.05) is 33.9 Å². The number of ether oxygens (including phenoxy) is 2. The van der Waals surface area contributed by atoms with Gasteiger partial charge in [-0.3, -0.25) is 4.90 Å². The van der Waals surface area contributed by atoms with Crippen LogP contribution in [-0.2, 0) is 9.47 Å². The van der Waals surface area contributed by atoms with Gasteiger partial charge < -0.3 is 15.2 Å². The second-order valence-electron chi connectivity index (χ2n) is 5.78. The van der Waals surface area contributed by atoms with Crippen LogP contribution in [-0.4, -0.2) is 56.5 Å². The highest BCUT2D eigenvalue weighted by atomic mass is 16.5. The average Bonchev–Trinajstić information content (AvgIpc) is 3.24. The Morgan fingerprint density at radius 1 is 1.17 bits per heavy atom. The molecule has 2 aliphatic carbocycles. The molecule has 2 saturated carbocycles. The molecule has 0 aromatic rings. The standard InChI is InChI=1S/C14H28N2O2/c1-17-10-9-16(12-3-4-12)14(11-15)7-5-13(18-2)6-8-14/h12-13H,3-11,15H2,1-2H3. The third-order valence-electron chi connectivity index (χ3n) is 4.71. The van der Waals surface area contributed by atoms with E-state index in [0.29, 0.717) is 6.10 Å². The molecule has 106 valence electrons. The van der Waals surface area contributed by atoms with Gasteiger partial charge in [0.2, 0.25) is 0 Å². The molecule has 4 heteroatoms. The van der Waals surface area contributed by atoms with Gasteiger partial charge in [-0.05, 0) is 38.5 Å². The maximum absolute atomic E-state index is 6.14. The zero-order valence-electron chi connectivity index (χ0n) is 11.9. The van der Waals surface area contributed by atoms with E-state index in [1.165, 1.54) is 25.7 Å². The predicted octanol–water partition coefficient (Wildman–Crippen LogP) is 1.38. The largest absolute Gasteiger partial charge is 0.383 e. The molecule has 0 aromatic heterocycles. The molecule has 0 radical (unpaired) electrons. The molecule has 4 nitrogen and oxygen atoms in total. The summed E-state index contributed by atoms with van der Waals surface area (Å²) in [6, 6.07) is 0.753. The lowest BCUT2D eigenvalue weighted by Crippen LogP contribution is -2.58. The molecule has 2 N–H and O–H groups in total. The van der Waals surface area contributed by atoms with Crippen molar-refractivity contribution in [1.29, 1.82) is 0 Å². The highest BCUT2D eigenvalue weighted by Crippen LogP contribution is 2.40. The minimum Gasteiger partial charge on any atom is -0.383 e. The zero-order chi connectivity index (χ0) is 13.0. The zero-order valence-corrected chi connectivity index (χ0v) is 11.9. The fourth-order valence-electron chi connectivity index (χ4n) is 3.36. The van der Waals surface area contributed by atoms with E-state index < -0.39 is 0 Å². The lowest BCUT2D eigenvalue weighted by molar-refractivity contribution is -0.0193. The van der Waals surface area contributed by atoms with E-state index >= 15 is 0 Å². The Bertz CT molecular complexity index is 248. The van der Waals surface area contributed by atoms with Gasteiger partial charge in [0.05, 0.1) is 12.7 Å². The third-order valence-corrected chi connectivity index (χ3v) is 4.71. The van der Waals surface area contributed by atoms with E-state index in [9.17, 15) is 0 Å². The summed E-state index contributed by atoms with van der Waals surface area (Å²) in [4.78, 5) is 2.64. The van der Waals surface area contributed by atoms with Crippen LogP contribution in [0.1, 0.15) is 38.5 Å². The second-order valence-corrected chi connectivity index (χ2v) is 5.78.